The van der Waals surface area contributed by atoms with Gasteiger partial charge in [-0.2, -0.15) is 5.10 Å². The largest absolute Gasteiger partial charge is 0.324 e. The van der Waals surface area contributed by atoms with Gasteiger partial charge in [0.1, 0.15) is 12.7 Å². The number of hydrogen-bond donors (Lipinski definition) is 1. The number of hydrogen-bond acceptors (Lipinski definition) is 3. The van der Waals surface area contributed by atoms with E-state index in [1.165, 1.54) is 6.33 Å². The van der Waals surface area contributed by atoms with Gasteiger partial charge in [-0.05, 0) is 24.6 Å². The normalized spacial score (nSPS) is 10.4. The van der Waals surface area contributed by atoms with Crippen LogP contribution in [0.4, 0.5) is 5.69 Å². The number of halogens is 2. The minimum Gasteiger partial charge on any atom is -0.324 e. The number of nitrogens with one attached hydrogen (secondary N) is 1. The van der Waals surface area contributed by atoms with Crippen LogP contribution in [0.2, 0.25) is 5.02 Å². The molecule has 1 aromatic carbocycles. The summed E-state index contributed by atoms with van der Waals surface area (Å²) in [7, 11) is 0. The van der Waals surface area contributed by atoms with Crippen molar-refractivity contribution in [3.05, 3.63) is 35.9 Å². The molecule has 0 fully saturated rings. The van der Waals surface area contributed by atoms with E-state index in [4.69, 9.17) is 23.2 Å². The van der Waals surface area contributed by atoms with Gasteiger partial charge in [0, 0.05) is 17.3 Å². The van der Waals surface area contributed by atoms with E-state index in [-0.39, 0.29) is 5.91 Å². The third-order valence-electron chi connectivity index (χ3n) is 2.44. The third-order valence-corrected chi connectivity index (χ3v) is 2.94. The van der Waals surface area contributed by atoms with Gasteiger partial charge in [-0.15, -0.1) is 11.6 Å². The maximum absolute atomic E-state index is 11.7. The first-order chi connectivity index (χ1) is 9.20. The second-order valence-corrected chi connectivity index (χ2v) is 4.66. The molecule has 0 atom stereocenters. The molecule has 0 aliphatic rings. The predicted molar refractivity (Wildman–Crippen MR) is 75.0 cm³/mol. The van der Waals surface area contributed by atoms with Crippen LogP contribution in [-0.2, 0) is 4.79 Å². The molecule has 0 bridgehead atoms. The molecule has 1 aromatic heterocycles. The molecule has 5 nitrogen and oxygen atoms in total. The molecule has 1 amide bonds. The lowest BCUT2D eigenvalue weighted by atomic mass is 10.2. The van der Waals surface area contributed by atoms with Crippen LogP contribution in [-0.4, -0.2) is 26.6 Å². The van der Waals surface area contributed by atoms with Crippen molar-refractivity contribution < 1.29 is 4.79 Å². The van der Waals surface area contributed by atoms with Gasteiger partial charge in [0.25, 0.3) is 0 Å². The number of nitrogens with zero attached hydrogens (tertiary/aromatic N) is 3. The summed E-state index contributed by atoms with van der Waals surface area (Å²) < 4.78 is 1.56. The first kappa shape index (κ1) is 13.8. The number of rotatable bonds is 5. The number of benzene rings is 1. The number of anilines is 1. The maximum atomic E-state index is 11.7. The molecule has 0 spiro atoms. The van der Waals surface area contributed by atoms with Crippen molar-refractivity contribution in [3.8, 4) is 5.69 Å². The molecular formula is C12H12Cl2N4O. The van der Waals surface area contributed by atoms with Crippen LogP contribution in [0.5, 0.6) is 0 Å². The highest BCUT2D eigenvalue weighted by atomic mass is 35.5. The Morgan fingerprint density at radius 3 is 2.95 bits per heavy atom. The summed E-state index contributed by atoms with van der Waals surface area (Å²) in [5.74, 6) is 0.350. The fraction of sp³-hybridized carbons (Fsp3) is 0.250. The Hall–Kier alpha value is -1.59. The van der Waals surface area contributed by atoms with Crippen molar-refractivity contribution in [1.29, 1.82) is 0 Å². The van der Waals surface area contributed by atoms with E-state index in [0.717, 1.165) is 0 Å². The Labute approximate surface area is 120 Å². The van der Waals surface area contributed by atoms with Crippen LogP contribution in [0.1, 0.15) is 12.8 Å². The highest BCUT2D eigenvalue weighted by molar-refractivity contribution is 6.31. The summed E-state index contributed by atoms with van der Waals surface area (Å²) in [4.78, 5) is 15.6. The van der Waals surface area contributed by atoms with E-state index in [0.29, 0.717) is 35.1 Å². The summed E-state index contributed by atoms with van der Waals surface area (Å²) in [6.45, 7) is 0. The zero-order valence-corrected chi connectivity index (χ0v) is 11.5. The number of alkyl halides is 1. The Kier molecular flexibility index (Phi) is 4.76. The molecule has 2 rings (SSSR count). The van der Waals surface area contributed by atoms with E-state index < -0.39 is 0 Å². The standard InChI is InChI=1S/C12H12Cl2N4O/c13-5-1-2-12(19)17-10-6-9(14)3-4-11(10)18-8-15-7-16-18/h3-4,6-8H,1-2,5H2,(H,17,19). The first-order valence-electron chi connectivity index (χ1n) is 5.71. The molecule has 0 saturated heterocycles. The lowest BCUT2D eigenvalue weighted by Gasteiger charge is -2.11. The Morgan fingerprint density at radius 2 is 2.26 bits per heavy atom. The van der Waals surface area contributed by atoms with Crippen LogP contribution in [0.3, 0.4) is 0 Å². The topological polar surface area (TPSA) is 59.8 Å². The van der Waals surface area contributed by atoms with Crippen molar-refractivity contribution in [3.63, 3.8) is 0 Å². The minimum atomic E-state index is -0.107. The molecule has 0 unspecified atom stereocenters. The minimum absolute atomic E-state index is 0.107. The van der Waals surface area contributed by atoms with Gasteiger partial charge in [-0.1, -0.05) is 11.6 Å². The quantitative estimate of drug-likeness (QED) is 0.864. The highest BCUT2D eigenvalue weighted by Crippen LogP contribution is 2.24. The van der Waals surface area contributed by atoms with Crippen molar-refractivity contribution in [2.75, 3.05) is 11.2 Å². The van der Waals surface area contributed by atoms with Crippen molar-refractivity contribution in [1.82, 2.24) is 14.8 Å². The second kappa shape index (κ2) is 6.54. The number of amides is 1. The molecule has 0 aliphatic carbocycles. The number of aromatic nitrogens is 3. The van der Waals surface area contributed by atoms with E-state index in [1.807, 2.05) is 0 Å². The SMILES string of the molecule is O=C(CCCCl)Nc1cc(Cl)ccc1-n1cncn1. The Morgan fingerprint density at radius 1 is 1.42 bits per heavy atom. The maximum Gasteiger partial charge on any atom is 0.224 e. The van der Waals surface area contributed by atoms with Crippen molar-refractivity contribution in [2.24, 2.45) is 0 Å². The summed E-state index contributed by atoms with van der Waals surface area (Å²) >= 11 is 11.5. The van der Waals surface area contributed by atoms with Crippen LogP contribution >= 0.6 is 23.2 Å². The van der Waals surface area contributed by atoms with Gasteiger partial charge >= 0.3 is 0 Å². The zero-order valence-electron chi connectivity index (χ0n) is 10.0. The number of carbonyl (C=O) groups excluding carboxylic acids is 1. The molecule has 0 saturated carbocycles. The van der Waals surface area contributed by atoms with Gasteiger partial charge in [0.05, 0.1) is 11.4 Å². The molecule has 1 heterocycles. The molecule has 0 aliphatic heterocycles. The molecule has 100 valence electrons. The Bertz CT molecular complexity index is 557. The van der Waals surface area contributed by atoms with Gasteiger partial charge < -0.3 is 5.32 Å². The third kappa shape index (κ3) is 3.68. The van der Waals surface area contributed by atoms with Gasteiger partial charge in [0.2, 0.25) is 5.91 Å². The summed E-state index contributed by atoms with van der Waals surface area (Å²) in [5, 5.41) is 7.38. The van der Waals surface area contributed by atoms with Gasteiger partial charge in [-0.3, -0.25) is 4.79 Å². The van der Waals surface area contributed by atoms with Crippen LogP contribution in [0.15, 0.2) is 30.9 Å². The molecule has 19 heavy (non-hydrogen) atoms. The predicted octanol–water partition coefficient (Wildman–Crippen LogP) is 2.88. The average Bonchev–Trinajstić information content (AvgIpc) is 2.90. The molecular weight excluding hydrogens is 287 g/mol. The van der Waals surface area contributed by atoms with Gasteiger partial charge in [0.15, 0.2) is 0 Å². The van der Waals surface area contributed by atoms with E-state index in [2.05, 4.69) is 15.4 Å². The summed E-state index contributed by atoms with van der Waals surface area (Å²) in [6.07, 6.45) is 3.98. The summed E-state index contributed by atoms with van der Waals surface area (Å²) in [6, 6.07) is 5.18. The molecule has 0 radical (unpaired) electrons. The van der Waals surface area contributed by atoms with Gasteiger partial charge in [-0.25, -0.2) is 9.67 Å². The first-order valence-corrected chi connectivity index (χ1v) is 6.62. The van der Waals surface area contributed by atoms with E-state index >= 15 is 0 Å². The van der Waals surface area contributed by atoms with Crippen LogP contribution in [0.25, 0.3) is 5.69 Å². The lowest BCUT2D eigenvalue weighted by Crippen LogP contribution is -2.13. The highest BCUT2D eigenvalue weighted by Gasteiger charge is 2.09. The summed E-state index contributed by atoms with van der Waals surface area (Å²) in [5.41, 5.74) is 1.30. The van der Waals surface area contributed by atoms with Crippen LogP contribution in [0, 0.1) is 0 Å². The Balaban J connectivity index is 2.23. The monoisotopic (exact) mass is 298 g/mol. The van der Waals surface area contributed by atoms with Crippen LogP contribution < -0.4 is 5.32 Å². The fourth-order valence-electron chi connectivity index (χ4n) is 1.58. The molecule has 7 heteroatoms. The molecule has 1 N–H and O–H groups in total. The average molecular weight is 299 g/mol. The second-order valence-electron chi connectivity index (χ2n) is 3.84. The van der Waals surface area contributed by atoms with Crippen molar-refractivity contribution in [2.45, 2.75) is 12.8 Å². The van der Waals surface area contributed by atoms with Crippen molar-refractivity contribution >= 4 is 34.8 Å². The zero-order chi connectivity index (χ0) is 13.7. The van der Waals surface area contributed by atoms with E-state index in [1.54, 1.807) is 29.2 Å². The van der Waals surface area contributed by atoms with E-state index in [9.17, 15) is 4.79 Å². The lowest BCUT2D eigenvalue weighted by molar-refractivity contribution is -0.116. The fourth-order valence-corrected chi connectivity index (χ4v) is 1.89. The number of carbonyl (C=O) groups is 1. The smallest absolute Gasteiger partial charge is 0.224 e. The molecule has 2 aromatic rings.